The molecular weight excluding hydrogens is 273 g/mol. The Kier molecular flexibility index (Phi) is 3.66. The SMILES string of the molecule is O=C(O)CC1(Cc2nc3ccc(F)cc3o2)CCCCC1. The van der Waals surface area contributed by atoms with Crippen molar-refractivity contribution in [2.75, 3.05) is 0 Å². The molecule has 0 atom stereocenters. The molecule has 0 amide bonds. The highest BCUT2D eigenvalue weighted by Crippen LogP contribution is 2.42. The number of carbonyl (C=O) groups is 1. The lowest BCUT2D eigenvalue weighted by Crippen LogP contribution is -2.29. The Labute approximate surface area is 122 Å². The van der Waals surface area contributed by atoms with Crippen molar-refractivity contribution in [1.82, 2.24) is 4.98 Å². The van der Waals surface area contributed by atoms with E-state index in [1.54, 1.807) is 6.07 Å². The van der Waals surface area contributed by atoms with E-state index in [2.05, 4.69) is 4.98 Å². The molecule has 1 heterocycles. The number of halogens is 1. The van der Waals surface area contributed by atoms with E-state index in [1.807, 2.05) is 0 Å². The van der Waals surface area contributed by atoms with Crippen LogP contribution in [0.4, 0.5) is 4.39 Å². The quantitative estimate of drug-likeness (QED) is 0.926. The topological polar surface area (TPSA) is 63.3 Å². The molecule has 1 aliphatic rings. The van der Waals surface area contributed by atoms with Gasteiger partial charge in [0.05, 0.1) is 6.42 Å². The van der Waals surface area contributed by atoms with Crippen molar-refractivity contribution in [3.8, 4) is 0 Å². The lowest BCUT2D eigenvalue weighted by Gasteiger charge is -2.35. The standard InChI is InChI=1S/C16H18FNO3/c17-11-4-5-12-13(8-11)21-14(18-12)9-16(10-15(19)20)6-2-1-3-7-16/h4-5,8H,1-3,6-7,9-10H2,(H,19,20). The summed E-state index contributed by atoms with van der Waals surface area (Å²) in [5, 5.41) is 9.18. The highest BCUT2D eigenvalue weighted by atomic mass is 19.1. The van der Waals surface area contributed by atoms with Gasteiger partial charge >= 0.3 is 5.97 Å². The van der Waals surface area contributed by atoms with E-state index in [-0.39, 0.29) is 17.7 Å². The van der Waals surface area contributed by atoms with E-state index in [9.17, 15) is 14.3 Å². The summed E-state index contributed by atoms with van der Waals surface area (Å²) in [5.41, 5.74) is 0.766. The minimum absolute atomic E-state index is 0.139. The molecule has 4 nitrogen and oxygen atoms in total. The first-order chi connectivity index (χ1) is 10.1. The second-order valence-corrected chi connectivity index (χ2v) is 6.03. The zero-order chi connectivity index (χ0) is 14.9. The Bertz CT molecular complexity index is 659. The van der Waals surface area contributed by atoms with Gasteiger partial charge in [-0.1, -0.05) is 19.3 Å². The Morgan fingerprint density at radius 1 is 1.33 bits per heavy atom. The molecule has 1 saturated carbocycles. The van der Waals surface area contributed by atoms with Crippen LogP contribution in [0.1, 0.15) is 44.4 Å². The summed E-state index contributed by atoms with van der Waals surface area (Å²) in [6.45, 7) is 0. The van der Waals surface area contributed by atoms with Gasteiger partial charge in [-0.2, -0.15) is 0 Å². The summed E-state index contributed by atoms with van der Waals surface area (Å²) in [5.74, 6) is -0.624. The van der Waals surface area contributed by atoms with Crippen molar-refractivity contribution in [1.29, 1.82) is 0 Å². The zero-order valence-corrected chi connectivity index (χ0v) is 11.8. The summed E-state index contributed by atoms with van der Waals surface area (Å²) in [6.07, 6.45) is 5.65. The molecule has 0 saturated heterocycles. The number of nitrogens with zero attached hydrogens (tertiary/aromatic N) is 1. The summed E-state index contributed by atoms with van der Waals surface area (Å²) < 4.78 is 18.8. The summed E-state index contributed by atoms with van der Waals surface area (Å²) in [6, 6.07) is 4.25. The Morgan fingerprint density at radius 3 is 2.81 bits per heavy atom. The van der Waals surface area contributed by atoms with Crippen molar-refractivity contribution in [2.24, 2.45) is 5.41 Å². The van der Waals surface area contributed by atoms with E-state index in [0.29, 0.717) is 23.4 Å². The first-order valence-electron chi connectivity index (χ1n) is 7.33. The Hall–Kier alpha value is -1.91. The predicted molar refractivity (Wildman–Crippen MR) is 75.4 cm³/mol. The maximum atomic E-state index is 13.2. The van der Waals surface area contributed by atoms with E-state index in [4.69, 9.17) is 4.42 Å². The molecule has 2 aromatic rings. The van der Waals surface area contributed by atoms with Gasteiger partial charge in [0.25, 0.3) is 0 Å². The van der Waals surface area contributed by atoms with Crippen molar-refractivity contribution < 1.29 is 18.7 Å². The monoisotopic (exact) mass is 291 g/mol. The van der Waals surface area contributed by atoms with Gasteiger partial charge in [-0.3, -0.25) is 4.79 Å². The maximum absolute atomic E-state index is 13.2. The molecule has 0 radical (unpaired) electrons. The van der Waals surface area contributed by atoms with Gasteiger partial charge in [0.15, 0.2) is 11.5 Å². The normalized spacial score (nSPS) is 18.0. The smallest absolute Gasteiger partial charge is 0.303 e. The number of carboxylic acids is 1. The average molecular weight is 291 g/mol. The second kappa shape index (κ2) is 5.47. The van der Waals surface area contributed by atoms with Crippen molar-refractivity contribution in [3.05, 3.63) is 29.9 Å². The number of rotatable bonds is 4. The van der Waals surface area contributed by atoms with Crippen molar-refractivity contribution >= 4 is 17.1 Å². The van der Waals surface area contributed by atoms with Gasteiger partial charge in [0.2, 0.25) is 0 Å². The van der Waals surface area contributed by atoms with Gasteiger partial charge in [-0.05, 0) is 30.4 Å². The number of fused-ring (bicyclic) bond motifs is 1. The molecule has 3 rings (SSSR count). The number of oxazole rings is 1. The molecule has 5 heteroatoms. The van der Waals surface area contributed by atoms with Gasteiger partial charge in [0.1, 0.15) is 11.3 Å². The summed E-state index contributed by atoms with van der Waals surface area (Å²) >= 11 is 0. The molecule has 1 aromatic heterocycles. The minimum Gasteiger partial charge on any atom is -0.481 e. The largest absolute Gasteiger partial charge is 0.481 e. The first kappa shape index (κ1) is 14.0. The Balaban J connectivity index is 1.88. The summed E-state index contributed by atoms with van der Waals surface area (Å²) in [7, 11) is 0. The Morgan fingerprint density at radius 2 is 2.10 bits per heavy atom. The molecule has 0 unspecified atom stereocenters. The molecule has 21 heavy (non-hydrogen) atoms. The van der Waals surface area contributed by atoms with E-state index >= 15 is 0 Å². The van der Waals surface area contributed by atoms with E-state index < -0.39 is 5.97 Å². The second-order valence-electron chi connectivity index (χ2n) is 6.03. The van der Waals surface area contributed by atoms with Gasteiger partial charge in [-0.15, -0.1) is 0 Å². The molecule has 0 spiro atoms. The first-order valence-corrected chi connectivity index (χ1v) is 7.33. The summed E-state index contributed by atoms with van der Waals surface area (Å²) in [4.78, 5) is 15.6. The van der Waals surface area contributed by atoms with E-state index in [0.717, 1.165) is 32.1 Å². The van der Waals surface area contributed by atoms with Crippen molar-refractivity contribution in [2.45, 2.75) is 44.9 Å². The third kappa shape index (κ3) is 3.06. The van der Waals surface area contributed by atoms with Crippen LogP contribution >= 0.6 is 0 Å². The highest BCUT2D eigenvalue weighted by Gasteiger charge is 2.36. The lowest BCUT2D eigenvalue weighted by atomic mass is 9.69. The van der Waals surface area contributed by atoms with Crippen LogP contribution in [0, 0.1) is 11.2 Å². The fraction of sp³-hybridized carbons (Fsp3) is 0.500. The lowest BCUT2D eigenvalue weighted by molar-refractivity contribution is -0.140. The highest BCUT2D eigenvalue weighted by molar-refractivity contribution is 5.72. The molecule has 0 aliphatic heterocycles. The van der Waals surface area contributed by atoms with Crippen LogP contribution in [-0.4, -0.2) is 16.1 Å². The van der Waals surface area contributed by atoms with Crippen LogP contribution < -0.4 is 0 Å². The van der Waals surface area contributed by atoms with Crippen LogP contribution in [0.2, 0.25) is 0 Å². The van der Waals surface area contributed by atoms with Crippen LogP contribution in [0.3, 0.4) is 0 Å². The predicted octanol–water partition coefficient (Wildman–Crippen LogP) is 3.93. The van der Waals surface area contributed by atoms with Crippen molar-refractivity contribution in [3.63, 3.8) is 0 Å². The third-order valence-electron chi connectivity index (χ3n) is 4.36. The zero-order valence-electron chi connectivity index (χ0n) is 11.8. The fourth-order valence-electron chi connectivity index (χ4n) is 3.38. The number of carboxylic acid groups (broad SMARTS) is 1. The number of aromatic nitrogens is 1. The van der Waals surface area contributed by atoms with E-state index in [1.165, 1.54) is 12.1 Å². The maximum Gasteiger partial charge on any atom is 0.303 e. The molecule has 1 fully saturated rings. The molecule has 112 valence electrons. The fourth-order valence-corrected chi connectivity index (χ4v) is 3.38. The molecule has 0 bridgehead atoms. The molecule has 1 N–H and O–H groups in total. The molecule has 1 aliphatic carbocycles. The van der Waals surface area contributed by atoms with Gasteiger partial charge < -0.3 is 9.52 Å². The molecular formula is C16H18FNO3. The van der Waals surface area contributed by atoms with Crippen LogP contribution in [0.25, 0.3) is 11.1 Å². The number of aliphatic carboxylic acids is 1. The van der Waals surface area contributed by atoms with Gasteiger partial charge in [-0.25, -0.2) is 9.37 Å². The number of benzene rings is 1. The number of hydrogen-bond donors (Lipinski definition) is 1. The number of hydrogen-bond acceptors (Lipinski definition) is 3. The van der Waals surface area contributed by atoms with Crippen LogP contribution in [0.5, 0.6) is 0 Å². The average Bonchev–Trinajstić information content (AvgIpc) is 2.79. The van der Waals surface area contributed by atoms with Crippen LogP contribution in [0.15, 0.2) is 22.6 Å². The van der Waals surface area contributed by atoms with Crippen LogP contribution in [-0.2, 0) is 11.2 Å². The minimum atomic E-state index is -0.779. The molecule has 1 aromatic carbocycles. The van der Waals surface area contributed by atoms with Gasteiger partial charge in [0, 0.05) is 12.5 Å². The third-order valence-corrected chi connectivity index (χ3v) is 4.36.